The minimum absolute atomic E-state index is 0.0436. The molecule has 0 bridgehead atoms. The summed E-state index contributed by atoms with van der Waals surface area (Å²) in [6.07, 6.45) is 0.878. The Hall–Kier alpha value is -3.89. The van der Waals surface area contributed by atoms with Gasteiger partial charge in [-0.1, -0.05) is 48.5 Å². The second kappa shape index (κ2) is 12.3. The van der Waals surface area contributed by atoms with Crippen molar-refractivity contribution in [2.45, 2.75) is 37.2 Å². The molecule has 2 aliphatic rings. The molecule has 3 aromatic carbocycles. The van der Waals surface area contributed by atoms with E-state index in [0.717, 1.165) is 11.1 Å². The Morgan fingerprint density at radius 1 is 1.02 bits per heavy atom. The van der Waals surface area contributed by atoms with Crippen molar-refractivity contribution in [3.63, 3.8) is 0 Å². The second-order valence-electron chi connectivity index (χ2n) is 10.4. The van der Waals surface area contributed by atoms with Crippen LogP contribution in [0.1, 0.15) is 24.0 Å². The van der Waals surface area contributed by atoms with E-state index in [-0.39, 0.29) is 35.5 Å². The molecule has 2 atom stereocenters. The van der Waals surface area contributed by atoms with E-state index in [1.807, 2.05) is 43.3 Å². The molecule has 41 heavy (non-hydrogen) atoms. The maximum Gasteiger partial charge on any atom is 0.262 e. The van der Waals surface area contributed by atoms with E-state index in [1.54, 1.807) is 41.3 Å². The number of para-hydroxylation sites is 2. The number of nitrogens with zero attached hydrogens (tertiary/aromatic N) is 2. The number of ether oxygens (including phenoxy) is 2. The zero-order chi connectivity index (χ0) is 29.0. The second-order valence-corrected chi connectivity index (χ2v) is 12.3. The van der Waals surface area contributed by atoms with Gasteiger partial charge in [0.1, 0.15) is 16.4 Å². The molecule has 2 heterocycles. The van der Waals surface area contributed by atoms with Gasteiger partial charge in [-0.05, 0) is 61.6 Å². The van der Waals surface area contributed by atoms with Crippen molar-refractivity contribution in [1.82, 2.24) is 9.62 Å². The number of carbonyl (C=O) groups excluding carboxylic acids is 2. The summed E-state index contributed by atoms with van der Waals surface area (Å²) in [6.45, 7) is 2.67. The predicted molar refractivity (Wildman–Crippen MR) is 156 cm³/mol. The first-order chi connectivity index (χ1) is 19.8. The fraction of sp³-hybridized carbons (Fsp3) is 0.355. The summed E-state index contributed by atoms with van der Waals surface area (Å²) >= 11 is 0. The average molecular weight is 578 g/mol. The van der Waals surface area contributed by atoms with E-state index in [4.69, 9.17) is 9.47 Å². The highest BCUT2D eigenvalue weighted by molar-refractivity contribution is 7.89. The first-order valence-electron chi connectivity index (χ1n) is 13.8. The third kappa shape index (κ3) is 6.23. The summed E-state index contributed by atoms with van der Waals surface area (Å²) < 4.78 is 40.0. The molecule has 1 fully saturated rings. The van der Waals surface area contributed by atoms with Crippen molar-refractivity contribution in [2.24, 2.45) is 5.92 Å². The Kier molecular flexibility index (Phi) is 8.60. The van der Waals surface area contributed by atoms with E-state index < -0.39 is 22.0 Å². The van der Waals surface area contributed by atoms with E-state index in [2.05, 4.69) is 5.32 Å². The molecular formula is C31H35N3O6S. The number of nitrogens with one attached hydrogen (secondary N) is 1. The van der Waals surface area contributed by atoms with Crippen LogP contribution >= 0.6 is 0 Å². The third-order valence-corrected chi connectivity index (χ3v) is 9.44. The van der Waals surface area contributed by atoms with Crippen LogP contribution in [0.5, 0.6) is 11.5 Å². The molecule has 3 aromatic rings. The van der Waals surface area contributed by atoms with Crippen molar-refractivity contribution in [3.05, 3.63) is 83.9 Å². The normalized spacial score (nSPS) is 19.1. The van der Waals surface area contributed by atoms with Gasteiger partial charge in [0.05, 0.1) is 25.3 Å². The van der Waals surface area contributed by atoms with Crippen LogP contribution in [0.15, 0.2) is 77.7 Å². The van der Waals surface area contributed by atoms with Crippen molar-refractivity contribution in [2.75, 3.05) is 38.2 Å². The molecular weight excluding hydrogens is 542 g/mol. The lowest BCUT2D eigenvalue weighted by molar-refractivity contribution is -0.129. The van der Waals surface area contributed by atoms with Crippen molar-refractivity contribution in [3.8, 4) is 11.5 Å². The number of rotatable bonds is 8. The van der Waals surface area contributed by atoms with Crippen LogP contribution < -0.4 is 19.7 Å². The maximum absolute atomic E-state index is 14.0. The smallest absolute Gasteiger partial charge is 0.262 e. The highest BCUT2D eigenvalue weighted by atomic mass is 32.2. The first kappa shape index (κ1) is 28.6. The Bertz CT molecular complexity index is 1510. The number of anilines is 1. The van der Waals surface area contributed by atoms with Gasteiger partial charge < -0.3 is 19.7 Å². The molecule has 2 unspecified atom stereocenters. The predicted octanol–water partition coefficient (Wildman–Crippen LogP) is 3.56. The number of piperidine rings is 1. The molecule has 0 saturated carbocycles. The summed E-state index contributed by atoms with van der Waals surface area (Å²) in [7, 11) is -2.45. The zero-order valence-corrected chi connectivity index (χ0v) is 24.1. The Balaban J connectivity index is 1.31. The Morgan fingerprint density at radius 2 is 1.78 bits per heavy atom. The lowest BCUT2D eigenvalue weighted by Crippen LogP contribution is -2.54. The maximum atomic E-state index is 14.0. The largest absolute Gasteiger partial charge is 0.495 e. The number of benzene rings is 3. The van der Waals surface area contributed by atoms with Gasteiger partial charge in [0.2, 0.25) is 15.9 Å². The van der Waals surface area contributed by atoms with Crippen LogP contribution in [0.25, 0.3) is 0 Å². The number of sulfonamides is 1. The van der Waals surface area contributed by atoms with Gasteiger partial charge in [-0.15, -0.1) is 0 Å². The molecule has 2 aliphatic heterocycles. The minimum Gasteiger partial charge on any atom is -0.495 e. The SMILES string of the molecule is COc1ccc(C)cc1S(=O)(=O)N1CCCC(C(=O)N2CC(C(=O)NCCc3ccccc3)Oc3ccccc32)C1. The number of methoxy groups -OCH3 is 1. The van der Waals surface area contributed by atoms with E-state index in [1.165, 1.54) is 11.4 Å². The highest BCUT2D eigenvalue weighted by Gasteiger charge is 2.40. The summed E-state index contributed by atoms with van der Waals surface area (Å²) in [5, 5.41) is 2.93. The van der Waals surface area contributed by atoms with Crippen LogP contribution in [0.4, 0.5) is 5.69 Å². The molecule has 0 aromatic heterocycles. The number of hydrogen-bond acceptors (Lipinski definition) is 6. The molecule has 1 saturated heterocycles. The van der Waals surface area contributed by atoms with Gasteiger partial charge in [0, 0.05) is 19.6 Å². The molecule has 9 nitrogen and oxygen atoms in total. The lowest BCUT2D eigenvalue weighted by Gasteiger charge is -2.38. The fourth-order valence-electron chi connectivity index (χ4n) is 5.38. The quantitative estimate of drug-likeness (QED) is 0.439. The molecule has 5 rings (SSSR count). The van der Waals surface area contributed by atoms with Crippen LogP contribution in [-0.2, 0) is 26.0 Å². The lowest BCUT2D eigenvalue weighted by atomic mass is 9.97. The number of fused-ring (bicyclic) bond motifs is 1. The van der Waals surface area contributed by atoms with Crippen molar-refractivity contribution in [1.29, 1.82) is 0 Å². The Morgan fingerprint density at radius 3 is 2.56 bits per heavy atom. The van der Waals surface area contributed by atoms with Crippen LogP contribution in [0, 0.1) is 12.8 Å². The van der Waals surface area contributed by atoms with Gasteiger partial charge in [0.15, 0.2) is 6.10 Å². The molecule has 216 valence electrons. The summed E-state index contributed by atoms with van der Waals surface area (Å²) in [6, 6.07) is 22.0. The van der Waals surface area contributed by atoms with E-state index in [9.17, 15) is 18.0 Å². The van der Waals surface area contributed by atoms with Gasteiger partial charge in [-0.25, -0.2) is 8.42 Å². The van der Waals surface area contributed by atoms with Crippen LogP contribution in [-0.4, -0.2) is 63.9 Å². The summed E-state index contributed by atoms with van der Waals surface area (Å²) in [4.78, 5) is 28.7. The third-order valence-electron chi connectivity index (χ3n) is 7.56. The molecule has 0 aliphatic carbocycles. The van der Waals surface area contributed by atoms with Crippen molar-refractivity contribution < 1.29 is 27.5 Å². The molecule has 2 amide bonds. The highest BCUT2D eigenvalue weighted by Crippen LogP contribution is 2.36. The minimum atomic E-state index is -3.89. The Labute approximate surface area is 241 Å². The number of carbonyl (C=O) groups is 2. The molecule has 1 N–H and O–H groups in total. The van der Waals surface area contributed by atoms with E-state index in [0.29, 0.717) is 43.8 Å². The summed E-state index contributed by atoms with van der Waals surface area (Å²) in [5.41, 5.74) is 2.48. The zero-order valence-electron chi connectivity index (χ0n) is 23.3. The summed E-state index contributed by atoms with van der Waals surface area (Å²) in [5.74, 6) is -0.374. The molecule has 0 radical (unpaired) electrons. The van der Waals surface area contributed by atoms with Crippen molar-refractivity contribution >= 4 is 27.5 Å². The van der Waals surface area contributed by atoms with Crippen LogP contribution in [0.3, 0.4) is 0 Å². The fourth-order valence-corrected chi connectivity index (χ4v) is 7.14. The van der Waals surface area contributed by atoms with Gasteiger partial charge in [-0.2, -0.15) is 4.31 Å². The molecule has 10 heteroatoms. The molecule has 0 spiro atoms. The van der Waals surface area contributed by atoms with Crippen LogP contribution in [0.2, 0.25) is 0 Å². The topological polar surface area (TPSA) is 105 Å². The number of aryl methyl sites for hydroxylation is 1. The van der Waals surface area contributed by atoms with Gasteiger partial charge >= 0.3 is 0 Å². The van der Waals surface area contributed by atoms with E-state index >= 15 is 0 Å². The number of hydrogen-bond donors (Lipinski definition) is 1. The standard InChI is InChI=1S/C31H35N3O6S/c1-22-14-15-27(39-2)29(19-22)41(37,38)33-18-8-11-24(20-33)31(36)34-21-28(40-26-13-7-6-12-25(26)34)30(35)32-17-16-23-9-4-3-5-10-23/h3-7,9-10,12-15,19,24,28H,8,11,16-18,20-21H2,1-2H3,(H,32,35). The monoisotopic (exact) mass is 577 g/mol. The van der Waals surface area contributed by atoms with Gasteiger partial charge in [0.25, 0.3) is 5.91 Å². The average Bonchev–Trinajstić information content (AvgIpc) is 3.00. The first-order valence-corrected chi connectivity index (χ1v) is 15.3. The van der Waals surface area contributed by atoms with Gasteiger partial charge in [-0.3, -0.25) is 9.59 Å². The number of amides is 2.